The molecule has 0 aliphatic carbocycles. The van der Waals surface area contributed by atoms with Crippen LogP contribution in [0.4, 0.5) is 0 Å². The number of benzene rings is 1. The summed E-state index contributed by atoms with van der Waals surface area (Å²) in [5, 5.41) is 7.30. The van der Waals surface area contributed by atoms with Crippen LogP contribution in [0.3, 0.4) is 0 Å². The molecule has 0 heterocycles. The van der Waals surface area contributed by atoms with Crippen molar-refractivity contribution in [1.82, 2.24) is 0 Å². The number of thioether (sulfide) groups is 1. The van der Waals surface area contributed by atoms with Crippen molar-refractivity contribution in [1.29, 1.82) is 5.41 Å². The highest BCUT2D eigenvalue weighted by Gasteiger charge is 2.08. The molecular weight excluding hydrogens is 224 g/mol. The molecule has 88 valence electrons. The molecular formula is C11H16N2O2S. The zero-order valence-corrected chi connectivity index (χ0v) is 10.5. The van der Waals surface area contributed by atoms with Gasteiger partial charge < -0.3 is 15.2 Å². The van der Waals surface area contributed by atoms with Crippen LogP contribution in [0.1, 0.15) is 11.1 Å². The average Bonchev–Trinajstić information content (AvgIpc) is 2.26. The van der Waals surface area contributed by atoms with Crippen LogP contribution in [0.2, 0.25) is 0 Å². The Bertz CT molecular complexity index is 394. The monoisotopic (exact) mass is 240 g/mol. The summed E-state index contributed by atoms with van der Waals surface area (Å²) in [5.74, 6) is 2.09. The fourth-order valence-corrected chi connectivity index (χ4v) is 1.96. The van der Waals surface area contributed by atoms with Gasteiger partial charge in [-0.05, 0) is 30.2 Å². The molecule has 0 radical (unpaired) electrons. The average molecular weight is 240 g/mol. The maximum Gasteiger partial charge on any atom is 0.161 e. The minimum absolute atomic E-state index is 0.120. The van der Waals surface area contributed by atoms with Crippen molar-refractivity contribution in [3.63, 3.8) is 0 Å². The highest BCUT2D eigenvalue weighted by atomic mass is 32.2. The van der Waals surface area contributed by atoms with Gasteiger partial charge in [-0.15, -0.1) is 0 Å². The largest absolute Gasteiger partial charge is 0.493 e. The highest BCUT2D eigenvalue weighted by Crippen LogP contribution is 2.31. The lowest BCUT2D eigenvalue weighted by molar-refractivity contribution is 0.354. The van der Waals surface area contributed by atoms with Crippen LogP contribution < -0.4 is 15.2 Å². The summed E-state index contributed by atoms with van der Waals surface area (Å²) in [5.41, 5.74) is 7.51. The fourth-order valence-electron chi connectivity index (χ4n) is 1.33. The number of nitrogens with one attached hydrogen (secondary N) is 1. The summed E-state index contributed by atoms with van der Waals surface area (Å²) in [6.45, 7) is 2.00. The highest BCUT2D eigenvalue weighted by molar-refractivity contribution is 8.13. The van der Waals surface area contributed by atoms with Crippen molar-refractivity contribution in [2.45, 2.75) is 12.7 Å². The maximum atomic E-state index is 7.18. The maximum absolute atomic E-state index is 7.18. The first-order chi connectivity index (χ1) is 7.58. The molecule has 16 heavy (non-hydrogen) atoms. The van der Waals surface area contributed by atoms with E-state index in [1.165, 1.54) is 11.8 Å². The molecule has 0 saturated heterocycles. The number of ether oxygens (including phenoxy) is 2. The van der Waals surface area contributed by atoms with E-state index in [0.29, 0.717) is 11.5 Å². The van der Waals surface area contributed by atoms with Gasteiger partial charge in [-0.25, -0.2) is 0 Å². The van der Waals surface area contributed by atoms with Gasteiger partial charge in [-0.1, -0.05) is 11.8 Å². The van der Waals surface area contributed by atoms with E-state index in [-0.39, 0.29) is 5.17 Å². The van der Waals surface area contributed by atoms with Gasteiger partial charge in [0.1, 0.15) is 0 Å². The van der Waals surface area contributed by atoms with E-state index in [9.17, 15) is 0 Å². The van der Waals surface area contributed by atoms with Crippen molar-refractivity contribution >= 4 is 16.9 Å². The van der Waals surface area contributed by atoms with Gasteiger partial charge in [0.2, 0.25) is 0 Å². The van der Waals surface area contributed by atoms with Crippen LogP contribution in [0.5, 0.6) is 11.5 Å². The molecule has 4 nitrogen and oxygen atoms in total. The SMILES string of the molecule is COc1cc(C)c(CSC(=N)N)cc1OC. The van der Waals surface area contributed by atoms with E-state index in [1.54, 1.807) is 14.2 Å². The Morgan fingerprint density at radius 3 is 2.38 bits per heavy atom. The molecule has 0 aliphatic heterocycles. The van der Waals surface area contributed by atoms with E-state index < -0.39 is 0 Å². The molecule has 0 spiro atoms. The van der Waals surface area contributed by atoms with Gasteiger partial charge in [-0.3, -0.25) is 5.41 Å². The van der Waals surface area contributed by atoms with Gasteiger partial charge in [0.05, 0.1) is 14.2 Å². The van der Waals surface area contributed by atoms with E-state index >= 15 is 0 Å². The molecule has 1 aromatic carbocycles. The smallest absolute Gasteiger partial charge is 0.161 e. The van der Waals surface area contributed by atoms with Crippen LogP contribution in [0.15, 0.2) is 12.1 Å². The Hall–Kier alpha value is -1.36. The van der Waals surface area contributed by atoms with Crippen LogP contribution in [0, 0.1) is 12.3 Å². The van der Waals surface area contributed by atoms with Crippen LogP contribution in [0.25, 0.3) is 0 Å². The summed E-state index contributed by atoms with van der Waals surface area (Å²) in [6.07, 6.45) is 0. The quantitative estimate of drug-likeness (QED) is 0.625. The topological polar surface area (TPSA) is 68.3 Å². The number of nitrogens with two attached hydrogens (primary N) is 1. The van der Waals surface area contributed by atoms with Gasteiger partial charge in [0.25, 0.3) is 0 Å². The third-order valence-corrected chi connectivity index (χ3v) is 2.99. The van der Waals surface area contributed by atoms with E-state index in [4.69, 9.17) is 20.6 Å². The zero-order chi connectivity index (χ0) is 12.1. The summed E-state index contributed by atoms with van der Waals surface area (Å²) >= 11 is 1.30. The van der Waals surface area contributed by atoms with Crippen LogP contribution in [-0.2, 0) is 5.75 Å². The van der Waals surface area contributed by atoms with Crippen molar-refractivity contribution in [2.75, 3.05) is 14.2 Å². The number of hydrogen-bond acceptors (Lipinski definition) is 4. The molecule has 3 N–H and O–H groups in total. The summed E-state index contributed by atoms with van der Waals surface area (Å²) in [7, 11) is 3.22. The molecule has 0 unspecified atom stereocenters. The van der Waals surface area contributed by atoms with Gasteiger partial charge in [0, 0.05) is 5.75 Å². The van der Waals surface area contributed by atoms with E-state index in [0.717, 1.165) is 16.9 Å². The third-order valence-electron chi connectivity index (χ3n) is 2.23. The number of methoxy groups -OCH3 is 2. The third kappa shape index (κ3) is 3.06. The van der Waals surface area contributed by atoms with Gasteiger partial charge in [-0.2, -0.15) is 0 Å². The normalized spacial score (nSPS) is 9.94. The molecule has 5 heteroatoms. The molecule has 0 aliphatic rings. The molecule has 1 aromatic rings. The fraction of sp³-hybridized carbons (Fsp3) is 0.364. The number of hydrogen-bond donors (Lipinski definition) is 2. The number of amidine groups is 1. The number of aryl methyl sites for hydroxylation is 1. The summed E-state index contributed by atoms with van der Waals surface area (Å²) in [4.78, 5) is 0. The molecule has 0 fully saturated rings. The Morgan fingerprint density at radius 2 is 1.88 bits per heavy atom. The summed E-state index contributed by atoms with van der Waals surface area (Å²) in [6, 6.07) is 3.85. The Morgan fingerprint density at radius 1 is 1.31 bits per heavy atom. The van der Waals surface area contributed by atoms with Crippen molar-refractivity contribution in [3.05, 3.63) is 23.3 Å². The predicted molar refractivity (Wildman–Crippen MR) is 67.5 cm³/mol. The Kier molecular flexibility index (Phi) is 4.49. The lowest BCUT2D eigenvalue weighted by atomic mass is 10.1. The minimum atomic E-state index is 0.120. The van der Waals surface area contributed by atoms with Crippen molar-refractivity contribution < 1.29 is 9.47 Å². The lowest BCUT2D eigenvalue weighted by Gasteiger charge is -2.12. The lowest BCUT2D eigenvalue weighted by Crippen LogP contribution is -2.04. The van der Waals surface area contributed by atoms with Gasteiger partial charge in [0.15, 0.2) is 16.7 Å². The zero-order valence-electron chi connectivity index (χ0n) is 9.66. The summed E-state index contributed by atoms with van der Waals surface area (Å²) < 4.78 is 10.4. The standard InChI is InChI=1S/C11H16N2O2S/c1-7-4-9(14-2)10(15-3)5-8(7)6-16-11(12)13/h4-5H,6H2,1-3H3,(H3,12,13). The minimum Gasteiger partial charge on any atom is -0.493 e. The second-order valence-electron chi connectivity index (χ2n) is 3.29. The van der Waals surface area contributed by atoms with Crippen LogP contribution in [-0.4, -0.2) is 19.4 Å². The first kappa shape index (κ1) is 12.7. The molecule has 0 amide bonds. The van der Waals surface area contributed by atoms with E-state index in [1.807, 2.05) is 19.1 Å². The van der Waals surface area contributed by atoms with Crippen molar-refractivity contribution in [2.24, 2.45) is 5.73 Å². The predicted octanol–water partition coefficient (Wildman–Crippen LogP) is 2.14. The Balaban J connectivity index is 2.96. The molecule has 0 saturated carbocycles. The molecule has 1 rings (SSSR count). The van der Waals surface area contributed by atoms with Crippen molar-refractivity contribution in [3.8, 4) is 11.5 Å². The molecule has 0 bridgehead atoms. The molecule has 0 aromatic heterocycles. The first-order valence-corrected chi connectivity index (χ1v) is 5.75. The first-order valence-electron chi connectivity index (χ1n) is 4.76. The molecule has 0 atom stereocenters. The second-order valence-corrected chi connectivity index (χ2v) is 4.30. The Labute approximate surface area is 99.6 Å². The van der Waals surface area contributed by atoms with Crippen LogP contribution >= 0.6 is 11.8 Å². The van der Waals surface area contributed by atoms with Gasteiger partial charge >= 0.3 is 0 Å². The number of rotatable bonds is 4. The van der Waals surface area contributed by atoms with E-state index in [2.05, 4.69) is 0 Å². The second kappa shape index (κ2) is 5.65.